The van der Waals surface area contributed by atoms with E-state index in [9.17, 15) is 0 Å². The molecule has 0 saturated carbocycles. The summed E-state index contributed by atoms with van der Waals surface area (Å²) in [6, 6.07) is 37.7. The Labute approximate surface area is 232 Å². The van der Waals surface area contributed by atoms with E-state index in [1.807, 2.05) is 42.5 Å². The molecule has 0 aliphatic heterocycles. The minimum Gasteiger partial charge on any atom is -0.316 e. The number of allylic oxidation sites excluding steroid dienone is 4. The molecule has 0 aliphatic rings. The van der Waals surface area contributed by atoms with Crippen molar-refractivity contribution in [2.45, 2.75) is 0 Å². The van der Waals surface area contributed by atoms with Gasteiger partial charge in [-0.15, -0.1) is 0 Å². The molecule has 4 heteroatoms. The molecule has 0 bridgehead atoms. The maximum absolute atomic E-state index is 5.15. The van der Waals surface area contributed by atoms with Crippen molar-refractivity contribution in [1.29, 1.82) is 0 Å². The maximum Gasteiger partial charge on any atom is 0.235 e. The number of para-hydroxylation sites is 2. The van der Waals surface area contributed by atoms with Gasteiger partial charge in [-0.25, -0.2) is 9.97 Å². The monoisotopic (exact) mass is 514 g/mol. The van der Waals surface area contributed by atoms with Crippen molar-refractivity contribution in [3.05, 3.63) is 152 Å². The molecule has 3 aromatic heterocycles. The van der Waals surface area contributed by atoms with E-state index in [4.69, 9.17) is 9.97 Å². The molecule has 3 heterocycles. The van der Waals surface area contributed by atoms with Crippen LogP contribution in [-0.2, 0) is 0 Å². The van der Waals surface area contributed by atoms with Crippen molar-refractivity contribution >= 4 is 38.3 Å². The fraction of sp³-hybridized carbons (Fsp3) is 0. The molecule has 7 rings (SSSR count). The minimum absolute atomic E-state index is 0.610. The molecule has 0 fully saturated rings. The molecule has 190 valence electrons. The lowest BCUT2D eigenvalue weighted by Crippen LogP contribution is -2.05. The van der Waals surface area contributed by atoms with Crippen molar-refractivity contribution in [3.8, 4) is 22.9 Å². The first kappa shape index (κ1) is 23.6. The van der Waals surface area contributed by atoms with Gasteiger partial charge in [-0.3, -0.25) is 4.57 Å². The fourth-order valence-corrected chi connectivity index (χ4v) is 5.52. The van der Waals surface area contributed by atoms with Crippen molar-refractivity contribution in [3.63, 3.8) is 0 Å². The van der Waals surface area contributed by atoms with E-state index < -0.39 is 0 Å². The van der Waals surface area contributed by atoms with Crippen LogP contribution in [0.2, 0.25) is 0 Å². The highest BCUT2D eigenvalue weighted by Gasteiger charge is 2.20. The van der Waals surface area contributed by atoms with Gasteiger partial charge >= 0.3 is 0 Å². The summed E-state index contributed by atoms with van der Waals surface area (Å²) in [5.74, 6) is 0.610. The number of aromatic nitrogens is 4. The largest absolute Gasteiger partial charge is 0.316 e. The highest BCUT2D eigenvalue weighted by atomic mass is 15.2. The Hall–Kier alpha value is -5.48. The summed E-state index contributed by atoms with van der Waals surface area (Å²) in [7, 11) is 0. The number of hydrogen-bond acceptors (Lipinski definition) is 2. The second-order valence-electron chi connectivity index (χ2n) is 9.63. The zero-order valence-corrected chi connectivity index (χ0v) is 21.9. The van der Waals surface area contributed by atoms with E-state index in [1.165, 1.54) is 0 Å². The van der Waals surface area contributed by atoms with Crippen LogP contribution >= 0.6 is 0 Å². The van der Waals surface area contributed by atoms with E-state index in [-0.39, 0.29) is 0 Å². The van der Waals surface area contributed by atoms with Gasteiger partial charge in [0.15, 0.2) is 0 Å². The van der Waals surface area contributed by atoms with Crippen LogP contribution < -0.4 is 0 Å². The van der Waals surface area contributed by atoms with Crippen molar-refractivity contribution in [2.75, 3.05) is 0 Å². The van der Waals surface area contributed by atoms with E-state index in [2.05, 4.69) is 107 Å². The van der Waals surface area contributed by atoms with Gasteiger partial charge in [-0.05, 0) is 42.0 Å². The number of benzene rings is 4. The van der Waals surface area contributed by atoms with Crippen molar-refractivity contribution in [1.82, 2.24) is 19.1 Å². The first-order valence-corrected chi connectivity index (χ1v) is 13.3. The van der Waals surface area contributed by atoms with Gasteiger partial charge in [0.1, 0.15) is 0 Å². The molecule has 0 saturated heterocycles. The molecular weight excluding hydrogens is 488 g/mol. The third-order valence-electron chi connectivity index (χ3n) is 7.33. The Morgan fingerprint density at radius 2 is 1.43 bits per heavy atom. The molecule has 40 heavy (non-hydrogen) atoms. The third-order valence-corrected chi connectivity index (χ3v) is 7.33. The number of fused-ring (bicyclic) bond motifs is 5. The zero-order valence-electron chi connectivity index (χ0n) is 21.9. The van der Waals surface area contributed by atoms with Gasteiger partial charge in [0, 0.05) is 33.6 Å². The van der Waals surface area contributed by atoms with E-state index in [1.54, 1.807) is 6.08 Å². The van der Waals surface area contributed by atoms with E-state index in [0.29, 0.717) is 5.95 Å². The predicted octanol–water partition coefficient (Wildman–Crippen LogP) is 8.94. The predicted molar refractivity (Wildman–Crippen MR) is 167 cm³/mol. The number of nitrogens with zero attached hydrogens (tertiary/aromatic N) is 4. The first-order valence-electron chi connectivity index (χ1n) is 13.3. The summed E-state index contributed by atoms with van der Waals surface area (Å²) in [6.07, 6.45) is 7.64. The molecule has 0 radical (unpaired) electrons. The minimum atomic E-state index is 0.610. The zero-order chi connectivity index (χ0) is 27.1. The van der Waals surface area contributed by atoms with Crippen molar-refractivity contribution < 1.29 is 0 Å². The molecule has 0 atom stereocenters. The van der Waals surface area contributed by atoms with Crippen LogP contribution in [0.3, 0.4) is 0 Å². The van der Waals surface area contributed by atoms with E-state index in [0.717, 1.165) is 60.9 Å². The van der Waals surface area contributed by atoms with Gasteiger partial charge in [0.2, 0.25) is 5.95 Å². The third kappa shape index (κ3) is 3.77. The van der Waals surface area contributed by atoms with Crippen LogP contribution in [0, 0.1) is 0 Å². The summed E-state index contributed by atoms with van der Waals surface area (Å²) < 4.78 is 4.43. The van der Waals surface area contributed by atoms with E-state index >= 15 is 0 Å². The smallest absolute Gasteiger partial charge is 0.235 e. The lowest BCUT2D eigenvalue weighted by atomic mass is 10.1. The average Bonchev–Trinajstić information content (AvgIpc) is 3.60. The summed E-state index contributed by atoms with van der Waals surface area (Å²) in [6.45, 7) is 7.93. The Morgan fingerprint density at radius 3 is 2.20 bits per heavy atom. The fourth-order valence-electron chi connectivity index (χ4n) is 5.52. The van der Waals surface area contributed by atoms with Gasteiger partial charge in [-0.2, -0.15) is 0 Å². The van der Waals surface area contributed by atoms with Gasteiger partial charge in [0.25, 0.3) is 0 Å². The van der Waals surface area contributed by atoms with Crippen LogP contribution in [0.25, 0.3) is 61.2 Å². The molecule has 0 spiro atoms. The Kier molecular flexibility index (Phi) is 5.72. The van der Waals surface area contributed by atoms with Gasteiger partial charge in [-0.1, -0.05) is 104 Å². The molecule has 0 N–H and O–H groups in total. The Balaban J connectivity index is 1.59. The van der Waals surface area contributed by atoms with Crippen LogP contribution in [0.5, 0.6) is 0 Å². The van der Waals surface area contributed by atoms with Crippen LogP contribution in [0.4, 0.5) is 0 Å². The highest BCUT2D eigenvalue weighted by Crippen LogP contribution is 2.37. The molecule has 4 aromatic carbocycles. The van der Waals surface area contributed by atoms with Crippen molar-refractivity contribution in [2.24, 2.45) is 0 Å². The Morgan fingerprint density at radius 1 is 0.675 bits per heavy atom. The topological polar surface area (TPSA) is 35.6 Å². The lowest BCUT2D eigenvalue weighted by molar-refractivity contribution is 0.986. The second-order valence-corrected chi connectivity index (χ2v) is 9.63. The number of rotatable bonds is 6. The quantitative estimate of drug-likeness (QED) is 0.208. The molecule has 4 nitrogen and oxygen atoms in total. The first-order chi connectivity index (χ1) is 19.8. The molecule has 0 amide bonds. The van der Waals surface area contributed by atoms with Gasteiger partial charge < -0.3 is 4.57 Å². The standard InChI is InChI=1S/C36H26N4/c1-3-13-25(4-2)31-24-32(26-14-7-5-8-15-26)38-36(37-31)40-34-19-12-11-18-28(34)29-20-21-33-30(35(29)40)22-23-39(33)27-16-9-6-10-17-27/h3-24H,1-2H2. The molecular formula is C36H26N4. The SMILES string of the molecule is C=CC=C(C=C)c1cc(-c2ccccc2)nc(-n2c3ccccc3c3ccc4c(ccn4-c4ccccc4)c32)n1. The normalized spacial score (nSPS) is 11.8. The molecule has 0 aliphatic carbocycles. The Bertz CT molecular complexity index is 2080. The summed E-state index contributed by atoms with van der Waals surface area (Å²) >= 11 is 0. The molecule has 0 unspecified atom stereocenters. The molecule has 7 aromatic rings. The van der Waals surface area contributed by atoms with Crippen LogP contribution in [0.15, 0.2) is 147 Å². The summed E-state index contributed by atoms with van der Waals surface area (Å²) in [5.41, 5.74) is 7.93. The van der Waals surface area contributed by atoms with Crippen LogP contribution in [0.1, 0.15) is 5.69 Å². The lowest BCUT2D eigenvalue weighted by Gasteiger charge is -2.12. The second kappa shape index (κ2) is 9.68. The maximum atomic E-state index is 5.15. The summed E-state index contributed by atoms with van der Waals surface area (Å²) in [5, 5.41) is 3.46. The number of hydrogen-bond donors (Lipinski definition) is 0. The van der Waals surface area contributed by atoms with Gasteiger partial charge in [0.05, 0.1) is 27.9 Å². The highest BCUT2D eigenvalue weighted by molar-refractivity contribution is 6.18. The average molecular weight is 515 g/mol. The summed E-state index contributed by atoms with van der Waals surface area (Å²) in [4.78, 5) is 10.3. The van der Waals surface area contributed by atoms with Crippen LogP contribution in [-0.4, -0.2) is 19.1 Å².